The number of nitrogens with zero attached hydrogens (tertiary/aromatic N) is 3. The van der Waals surface area contributed by atoms with Crippen molar-refractivity contribution in [3.8, 4) is 11.1 Å². The number of halogens is 2. The zero-order valence-electron chi connectivity index (χ0n) is 18.0. The number of likely N-dealkylation sites (tertiary alicyclic amines) is 1. The summed E-state index contributed by atoms with van der Waals surface area (Å²) in [7, 11) is 0. The zero-order chi connectivity index (χ0) is 24.7. The number of anilines is 1. The van der Waals surface area contributed by atoms with Gasteiger partial charge in [0.25, 0.3) is 11.8 Å². The molecule has 35 heavy (non-hydrogen) atoms. The third kappa shape index (κ3) is 3.96. The number of hydrogen-bond donors (Lipinski definition) is 2. The molecular weight excluding hydrogens is 466 g/mol. The van der Waals surface area contributed by atoms with E-state index >= 15 is 0 Å². The lowest BCUT2D eigenvalue weighted by Gasteiger charge is -2.15. The van der Waals surface area contributed by atoms with Gasteiger partial charge in [0.05, 0.1) is 6.54 Å². The van der Waals surface area contributed by atoms with Crippen LogP contribution >= 0.6 is 0 Å². The van der Waals surface area contributed by atoms with Crippen LogP contribution in [0.4, 0.5) is 19.4 Å². The number of alkyl halides is 2. The molecule has 3 aromatic rings. The highest BCUT2D eigenvalue weighted by atomic mass is 19.3. The number of nitrogens with one attached hydrogen (secondary N) is 1. The van der Waals surface area contributed by atoms with E-state index in [0.717, 1.165) is 22.3 Å². The van der Waals surface area contributed by atoms with Crippen LogP contribution < -0.4 is 5.32 Å². The van der Waals surface area contributed by atoms with Crippen LogP contribution in [0.5, 0.6) is 0 Å². The topological polar surface area (TPSA) is 135 Å². The summed E-state index contributed by atoms with van der Waals surface area (Å²) in [6, 6.07) is 15.5. The summed E-state index contributed by atoms with van der Waals surface area (Å²) in [6.45, 7) is -1.84. The molecule has 180 valence electrons. The predicted molar refractivity (Wildman–Crippen MR) is 115 cm³/mol. The van der Waals surface area contributed by atoms with Crippen LogP contribution in [0.3, 0.4) is 0 Å². The van der Waals surface area contributed by atoms with Crippen LogP contribution in [0.2, 0.25) is 0 Å². The van der Waals surface area contributed by atoms with Gasteiger partial charge in [-0.2, -0.15) is 0 Å². The molecule has 2 amide bonds. The molecule has 0 spiro atoms. The van der Waals surface area contributed by atoms with Gasteiger partial charge in [-0.05, 0) is 32.6 Å². The fourth-order valence-corrected chi connectivity index (χ4v) is 4.49. The van der Waals surface area contributed by atoms with E-state index in [4.69, 9.17) is 9.84 Å². The van der Waals surface area contributed by atoms with Gasteiger partial charge < -0.3 is 14.7 Å². The fourth-order valence-electron chi connectivity index (χ4n) is 4.49. The van der Waals surface area contributed by atoms with E-state index in [1.807, 2.05) is 48.5 Å². The number of carboxylic acid groups (broad SMARTS) is 1. The first kappa shape index (κ1) is 22.4. The van der Waals surface area contributed by atoms with Crippen molar-refractivity contribution in [3.63, 3.8) is 0 Å². The number of ether oxygens (including phenoxy) is 1. The van der Waals surface area contributed by atoms with Gasteiger partial charge in [-0.15, -0.1) is 0 Å². The van der Waals surface area contributed by atoms with Gasteiger partial charge >= 0.3 is 12.1 Å². The molecule has 1 atom stereocenters. The smallest absolute Gasteiger partial charge is 0.412 e. The number of amides is 2. The van der Waals surface area contributed by atoms with Gasteiger partial charge in [0.1, 0.15) is 12.5 Å². The zero-order valence-corrected chi connectivity index (χ0v) is 18.0. The first-order valence-electron chi connectivity index (χ1n) is 10.6. The highest BCUT2D eigenvalue weighted by Crippen LogP contribution is 2.44. The van der Waals surface area contributed by atoms with Crippen molar-refractivity contribution < 1.29 is 37.6 Å². The molecule has 12 heteroatoms. The molecule has 2 heterocycles. The lowest BCUT2D eigenvalue weighted by Crippen LogP contribution is -2.33. The van der Waals surface area contributed by atoms with Gasteiger partial charge in [-0.3, -0.25) is 14.9 Å². The number of rotatable bonds is 5. The van der Waals surface area contributed by atoms with Crippen LogP contribution in [0, 0.1) is 5.92 Å². The summed E-state index contributed by atoms with van der Waals surface area (Å²) >= 11 is 0. The molecule has 0 bridgehead atoms. The Balaban J connectivity index is 1.26. The number of aliphatic carboxylic acids is 1. The molecule has 0 radical (unpaired) electrons. The number of fused-ring (bicyclic) bond motifs is 3. The van der Waals surface area contributed by atoms with Crippen molar-refractivity contribution >= 4 is 23.8 Å². The number of carbonyl (C=O) groups excluding carboxylic acids is 2. The molecule has 1 unspecified atom stereocenters. The number of benzene rings is 2. The second-order valence-electron chi connectivity index (χ2n) is 8.25. The second kappa shape index (κ2) is 8.46. The minimum absolute atomic E-state index is 0.00689. The van der Waals surface area contributed by atoms with Crippen LogP contribution in [-0.2, 0) is 9.53 Å². The largest absolute Gasteiger partial charge is 0.481 e. The lowest BCUT2D eigenvalue weighted by atomic mass is 9.98. The van der Waals surface area contributed by atoms with E-state index in [0.29, 0.717) is 4.90 Å². The molecule has 1 aliphatic heterocycles. The van der Waals surface area contributed by atoms with Crippen molar-refractivity contribution in [1.82, 2.24) is 15.2 Å². The Kier molecular flexibility index (Phi) is 5.42. The van der Waals surface area contributed by atoms with Crippen molar-refractivity contribution in [2.24, 2.45) is 5.92 Å². The molecule has 0 saturated carbocycles. The number of aromatic nitrogens is 2. The lowest BCUT2D eigenvalue weighted by molar-refractivity contribution is -0.151. The average Bonchev–Trinajstić information content (AvgIpc) is 3.51. The standard InChI is InChI=1S/C23H18F2N4O6/c24-23(25)11-29(9-17(23)21(31)32)20(30)18-19(28-35-27-18)26-22(33)34-10-16-14-7-3-1-5-12(14)13-6-2-4-8-15(13)16/h1-8,16-17H,9-11H2,(H,31,32)(H,26,28,33). The maximum absolute atomic E-state index is 14.0. The molecular formula is C23H18F2N4O6. The first-order valence-corrected chi connectivity index (χ1v) is 10.6. The maximum Gasteiger partial charge on any atom is 0.412 e. The van der Waals surface area contributed by atoms with Crippen LogP contribution in [0.25, 0.3) is 11.1 Å². The minimum atomic E-state index is -3.61. The fraction of sp³-hybridized carbons (Fsp3) is 0.261. The van der Waals surface area contributed by atoms with Gasteiger partial charge in [0.2, 0.25) is 11.5 Å². The van der Waals surface area contributed by atoms with Gasteiger partial charge in [-0.1, -0.05) is 48.5 Å². The van der Waals surface area contributed by atoms with Crippen molar-refractivity contribution in [3.05, 3.63) is 65.4 Å². The predicted octanol–water partition coefficient (Wildman–Crippen LogP) is 3.22. The Hall–Kier alpha value is -4.35. The molecule has 1 saturated heterocycles. The van der Waals surface area contributed by atoms with E-state index in [-0.39, 0.29) is 12.5 Å². The van der Waals surface area contributed by atoms with Crippen LogP contribution in [0.15, 0.2) is 53.2 Å². The molecule has 2 aromatic carbocycles. The van der Waals surface area contributed by atoms with Crippen LogP contribution in [0.1, 0.15) is 27.5 Å². The average molecular weight is 484 g/mol. The highest BCUT2D eigenvalue weighted by molar-refractivity contribution is 6.00. The Morgan fingerprint density at radius 2 is 1.71 bits per heavy atom. The number of carboxylic acids is 1. The summed E-state index contributed by atoms with van der Waals surface area (Å²) in [5.41, 5.74) is 3.56. The maximum atomic E-state index is 14.0. The van der Waals surface area contributed by atoms with E-state index < -0.39 is 54.4 Å². The van der Waals surface area contributed by atoms with E-state index in [1.54, 1.807) is 0 Å². The summed E-state index contributed by atoms with van der Waals surface area (Å²) < 4.78 is 37.8. The van der Waals surface area contributed by atoms with E-state index in [2.05, 4.69) is 20.3 Å². The molecule has 1 fully saturated rings. The first-order chi connectivity index (χ1) is 16.8. The van der Waals surface area contributed by atoms with Crippen LogP contribution in [-0.4, -0.2) is 63.9 Å². The highest BCUT2D eigenvalue weighted by Gasteiger charge is 2.54. The number of carbonyl (C=O) groups is 3. The Labute approximate surface area is 196 Å². The summed E-state index contributed by atoms with van der Waals surface area (Å²) in [6.07, 6.45) is -0.952. The second-order valence-corrected chi connectivity index (χ2v) is 8.25. The Bertz CT molecular complexity index is 1280. The third-order valence-electron chi connectivity index (χ3n) is 6.15. The molecule has 1 aromatic heterocycles. The molecule has 2 N–H and O–H groups in total. The van der Waals surface area contributed by atoms with Gasteiger partial charge in [0.15, 0.2) is 0 Å². The van der Waals surface area contributed by atoms with E-state index in [9.17, 15) is 23.2 Å². The Morgan fingerprint density at radius 3 is 2.31 bits per heavy atom. The third-order valence-corrected chi connectivity index (χ3v) is 6.15. The Morgan fingerprint density at radius 1 is 1.09 bits per heavy atom. The molecule has 5 rings (SSSR count). The summed E-state index contributed by atoms with van der Waals surface area (Å²) in [4.78, 5) is 36.8. The monoisotopic (exact) mass is 484 g/mol. The molecule has 1 aliphatic carbocycles. The van der Waals surface area contributed by atoms with Crippen molar-refractivity contribution in [2.45, 2.75) is 11.8 Å². The quantitative estimate of drug-likeness (QED) is 0.564. The summed E-state index contributed by atoms with van der Waals surface area (Å²) in [5.74, 6) is -9.06. The minimum Gasteiger partial charge on any atom is -0.481 e. The van der Waals surface area contributed by atoms with Crippen molar-refractivity contribution in [2.75, 3.05) is 25.0 Å². The normalized spacial score (nSPS) is 18.1. The van der Waals surface area contributed by atoms with E-state index in [1.165, 1.54) is 0 Å². The molecule has 10 nitrogen and oxygen atoms in total. The molecule has 2 aliphatic rings. The number of hydrogen-bond acceptors (Lipinski definition) is 7. The SMILES string of the molecule is O=C(Nc1nonc1C(=O)N1CC(C(=O)O)C(F)(F)C1)OCC1c2ccccc2-c2ccccc21. The van der Waals surface area contributed by atoms with Gasteiger partial charge in [-0.25, -0.2) is 18.2 Å². The van der Waals surface area contributed by atoms with Crippen molar-refractivity contribution in [1.29, 1.82) is 0 Å². The van der Waals surface area contributed by atoms with Gasteiger partial charge in [0, 0.05) is 12.5 Å². The summed E-state index contributed by atoms with van der Waals surface area (Å²) in [5, 5.41) is 18.1.